The molecule has 2 rings (SSSR count). The molecule has 6 nitrogen and oxygen atoms in total. The first-order valence-corrected chi connectivity index (χ1v) is 7.33. The average molecular weight is 304 g/mol. The Bertz CT molecular complexity index is 585. The Kier molecular flexibility index (Phi) is 5.14. The summed E-state index contributed by atoms with van der Waals surface area (Å²) in [5.74, 6) is -1.01. The third kappa shape index (κ3) is 3.44. The summed E-state index contributed by atoms with van der Waals surface area (Å²) < 4.78 is 4.68. The molecule has 22 heavy (non-hydrogen) atoms. The third-order valence-electron chi connectivity index (χ3n) is 3.62. The van der Waals surface area contributed by atoms with Gasteiger partial charge in [0.05, 0.1) is 18.6 Å². The van der Waals surface area contributed by atoms with Crippen LogP contribution in [0.1, 0.15) is 30.1 Å². The van der Waals surface area contributed by atoms with E-state index in [0.717, 1.165) is 6.42 Å². The Labute approximate surface area is 129 Å². The average Bonchev–Trinajstić information content (AvgIpc) is 2.94. The first-order chi connectivity index (χ1) is 10.6. The number of carbonyl (C=O) groups excluding carboxylic acids is 3. The normalized spacial score (nSPS) is 17.5. The van der Waals surface area contributed by atoms with Crippen molar-refractivity contribution in [2.75, 3.05) is 25.1 Å². The highest BCUT2D eigenvalue weighted by molar-refractivity contribution is 6.01. The summed E-state index contributed by atoms with van der Waals surface area (Å²) in [6.45, 7) is 2.92. The van der Waals surface area contributed by atoms with Crippen LogP contribution in [0.5, 0.6) is 0 Å². The van der Waals surface area contributed by atoms with Crippen molar-refractivity contribution in [3.63, 3.8) is 0 Å². The van der Waals surface area contributed by atoms with Gasteiger partial charge in [0, 0.05) is 25.2 Å². The van der Waals surface area contributed by atoms with Crippen molar-refractivity contribution in [2.24, 2.45) is 5.92 Å². The highest BCUT2D eigenvalue weighted by atomic mass is 16.5. The number of nitrogens with zero attached hydrogens (tertiary/aromatic N) is 1. The topological polar surface area (TPSA) is 75.7 Å². The van der Waals surface area contributed by atoms with Gasteiger partial charge in [0.15, 0.2) is 0 Å². The fraction of sp³-hybridized carbons (Fsp3) is 0.438. The van der Waals surface area contributed by atoms with Crippen LogP contribution in [0.2, 0.25) is 0 Å². The van der Waals surface area contributed by atoms with Gasteiger partial charge in [-0.05, 0) is 24.6 Å². The van der Waals surface area contributed by atoms with Crippen LogP contribution in [0, 0.1) is 5.92 Å². The van der Waals surface area contributed by atoms with Gasteiger partial charge in [0.25, 0.3) is 0 Å². The predicted molar refractivity (Wildman–Crippen MR) is 81.5 cm³/mol. The molecule has 1 fully saturated rings. The predicted octanol–water partition coefficient (Wildman–Crippen LogP) is 1.35. The van der Waals surface area contributed by atoms with Crippen molar-refractivity contribution in [1.29, 1.82) is 0 Å². The van der Waals surface area contributed by atoms with Gasteiger partial charge < -0.3 is 15.0 Å². The van der Waals surface area contributed by atoms with Crippen molar-refractivity contribution >= 4 is 23.5 Å². The molecule has 1 atom stereocenters. The van der Waals surface area contributed by atoms with Crippen molar-refractivity contribution in [2.45, 2.75) is 19.8 Å². The van der Waals surface area contributed by atoms with Crippen molar-refractivity contribution in [3.8, 4) is 0 Å². The summed E-state index contributed by atoms with van der Waals surface area (Å²) in [5, 5.41) is 2.81. The molecule has 6 heteroatoms. The number of hydrogen-bond acceptors (Lipinski definition) is 4. The van der Waals surface area contributed by atoms with Gasteiger partial charge in [-0.3, -0.25) is 9.59 Å². The van der Waals surface area contributed by atoms with Crippen LogP contribution in [0.25, 0.3) is 0 Å². The number of anilines is 1. The molecule has 0 aliphatic carbocycles. The Morgan fingerprint density at radius 3 is 2.86 bits per heavy atom. The zero-order valence-corrected chi connectivity index (χ0v) is 12.8. The van der Waals surface area contributed by atoms with Gasteiger partial charge in [-0.1, -0.05) is 13.0 Å². The number of rotatable bonds is 5. The number of methoxy groups -OCH3 is 1. The largest absolute Gasteiger partial charge is 0.465 e. The highest BCUT2D eigenvalue weighted by Gasteiger charge is 2.35. The van der Waals surface area contributed by atoms with Gasteiger partial charge in [-0.15, -0.1) is 0 Å². The molecule has 0 saturated carbocycles. The Morgan fingerprint density at radius 2 is 2.18 bits per heavy atom. The van der Waals surface area contributed by atoms with Crippen LogP contribution in [-0.4, -0.2) is 38.0 Å². The molecule has 0 aromatic heterocycles. The number of amides is 2. The Balaban J connectivity index is 2.11. The maximum absolute atomic E-state index is 12.1. The summed E-state index contributed by atoms with van der Waals surface area (Å²) in [4.78, 5) is 37.2. The fourth-order valence-electron chi connectivity index (χ4n) is 2.44. The minimum Gasteiger partial charge on any atom is -0.465 e. The molecular weight excluding hydrogens is 284 g/mol. The molecule has 1 heterocycles. The van der Waals surface area contributed by atoms with E-state index in [1.54, 1.807) is 29.2 Å². The first kappa shape index (κ1) is 16.0. The lowest BCUT2D eigenvalue weighted by molar-refractivity contribution is -0.126. The zero-order valence-electron chi connectivity index (χ0n) is 12.8. The van der Waals surface area contributed by atoms with E-state index in [-0.39, 0.29) is 24.2 Å². The molecule has 1 aliphatic rings. The monoisotopic (exact) mass is 304 g/mol. The summed E-state index contributed by atoms with van der Waals surface area (Å²) in [6, 6.07) is 6.67. The van der Waals surface area contributed by atoms with E-state index >= 15 is 0 Å². The smallest absolute Gasteiger partial charge is 0.337 e. The lowest BCUT2D eigenvalue weighted by Gasteiger charge is -2.17. The molecular formula is C16H20N2O4. The van der Waals surface area contributed by atoms with Crippen LogP contribution < -0.4 is 10.2 Å². The van der Waals surface area contributed by atoms with Crippen LogP contribution >= 0.6 is 0 Å². The van der Waals surface area contributed by atoms with Gasteiger partial charge in [0.2, 0.25) is 11.8 Å². The SMILES string of the molecule is CCCNC(=O)C1CC(=O)N(c2cccc(C(=O)OC)c2)C1. The van der Waals surface area contributed by atoms with E-state index in [0.29, 0.717) is 24.3 Å². The van der Waals surface area contributed by atoms with E-state index in [9.17, 15) is 14.4 Å². The quantitative estimate of drug-likeness (QED) is 0.833. The number of nitrogens with one attached hydrogen (secondary N) is 1. The number of hydrogen-bond donors (Lipinski definition) is 1. The van der Waals surface area contributed by atoms with Gasteiger partial charge in [-0.25, -0.2) is 4.79 Å². The third-order valence-corrected chi connectivity index (χ3v) is 3.62. The number of ether oxygens (including phenoxy) is 1. The minimum atomic E-state index is -0.453. The molecule has 1 saturated heterocycles. The van der Waals surface area contributed by atoms with E-state index in [1.165, 1.54) is 7.11 Å². The molecule has 0 spiro atoms. The lowest BCUT2D eigenvalue weighted by atomic mass is 10.1. The van der Waals surface area contributed by atoms with Crippen LogP contribution in [0.3, 0.4) is 0 Å². The highest BCUT2D eigenvalue weighted by Crippen LogP contribution is 2.26. The summed E-state index contributed by atoms with van der Waals surface area (Å²) in [5.41, 5.74) is 0.991. The summed E-state index contributed by atoms with van der Waals surface area (Å²) >= 11 is 0. The number of benzene rings is 1. The van der Waals surface area contributed by atoms with Crippen molar-refractivity contribution in [1.82, 2.24) is 5.32 Å². The fourth-order valence-corrected chi connectivity index (χ4v) is 2.44. The Hall–Kier alpha value is -2.37. The summed E-state index contributed by atoms with van der Waals surface area (Å²) in [6.07, 6.45) is 1.05. The van der Waals surface area contributed by atoms with E-state index < -0.39 is 5.97 Å². The molecule has 1 N–H and O–H groups in total. The second kappa shape index (κ2) is 7.06. The van der Waals surface area contributed by atoms with Crippen molar-refractivity contribution < 1.29 is 19.1 Å². The number of carbonyl (C=O) groups is 3. The molecule has 1 aromatic carbocycles. The van der Waals surface area contributed by atoms with Crippen LogP contribution in [0.15, 0.2) is 24.3 Å². The maximum atomic E-state index is 12.1. The molecule has 1 aromatic rings. The van der Waals surface area contributed by atoms with Crippen LogP contribution in [-0.2, 0) is 14.3 Å². The standard InChI is InChI=1S/C16H20N2O4/c1-3-7-17-15(20)12-9-14(19)18(10-12)13-6-4-5-11(8-13)16(21)22-2/h4-6,8,12H,3,7,9-10H2,1-2H3,(H,17,20). The molecule has 1 aliphatic heterocycles. The second-order valence-corrected chi connectivity index (χ2v) is 5.24. The maximum Gasteiger partial charge on any atom is 0.337 e. The van der Waals surface area contributed by atoms with Gasteiger partial charge in [0.1, 0.15) is 0 Å². The molecule has 1 unspecified atom stereocenters. The van der Waals surface area contributed by atoms with Gasteiger partial charge in [-0.2, -0.15) is 0 Å². The zero-order chi connectivity index (χ0) is 16.1. The molecule has 0 bridgehead atoms. The van der Waals surface area contributed by atoms with Crippen molar-refractivity contribution in [3.05, 3.63) is 29.8 Å². The molecule has 0 radical (unpaired) electrons. The molecule has 2 amide bonds. The second-order valence-electron chi connectivity index (χ2n) is 5.24. The summed E-state index contributed by atoms with van der Waals surface area (Å²) in [7, 11) is 1.31. The van der Waals surface area contributed by atoms with Crippen LogP contribution in [0.4, 0.5) is 5.69 Å². The first-order valence-electron chi connectivity index (χ1n) is 7.33. The minimum absolute atomic E-state index is 0.0955. The van der Waals surface area contributed by atoms with E-state index in [2.05, 4.69) is 10.1 Å². The molecule has 118 valence electrons. The van der Waals surface area contributed by atoms with E-state index in [1.807, 2.05) is 6.92 Å². The van der Waals surface area contributed by atoms with E-state index in [4.69, 9.17) is 0 Å². The Morgan fingerprint density at radius 1 is 1.41 bits per heavy atom. The lowest BCUT2D eigenvalue weighted by Crippen LogP contribution is -2.33. The number of esters is 1. The van der Waals surface area contributed by atoms with Gasteiger partial charge >= 0.3 is 5.97 Å².